The van der Waals surface area contributed by atoms with Gasteiger partial charge in [0.1, 0.15) is 22.8 Å². The number of nitrogens with zero attached hydrogens (tertiary/aromatic N) is 2. The van der Waals surface area contributed by atoms with Crippen LogP contribution < -0.4 is 5.73 Å². The van der Waals surface area contributed by atoms with Crippen LogP contribution in [-0.4, -0.2) is 97.8 Å². The molecule has 6 atom stereocenters. The Morgan fingerprint density at radius 3 is 2.35 bits per heavy atom. The number of Topliss-reactive ketones (excluding diaryl/α,β-unsaturated/α-hetero) is 2. The molecule has 1 aromatic carbocycles. The number of hydrogen-bond donors (Lipinski definition) is 6. The molecule has 1 fully saturated rings. The lowest BCUT2D eigenvalue weighted by atomic mass is 9.56. The molecular formula is C29H34N4O7. The van der Waals surface area contributed by atoms with Gasteiger partial charge in [0.25, 0.3) is 5.91 Å². The number of fused-ring (bicyclic) bond motifs is 3. The molecule has 0 radical (unpaired) electrons. The number of aromatic hydroxyl groups is 1. The van der Waals surface area contributed by atoms with E-state index in [0.717, 1.165) is 0 Å². The highest BCUT2D eigenvalue weighted by Crippen LogP contribution is 2.52. The second kappa shape index (κ2) is 9.39. The highest BCUT2D eigenvalue weighted by atomic mass is 16.3. The number of benzene rings is 1. The summed E-state index contributed by atoms with van der Waals surface area (Å²) >= 11 is 0. The molecule has 1 aromatic rings. The maximum absolute atomic E-state index is 14.0. The summed E-state index contributed by atoms with van der Waals surface area (Å²) in [5.74, 6) is -5.52. The predicted octanol–water partition coefficient (Wildman–Crippen LogP) is 1.25. The fraction of sp³-hybridized carbons (Fsp3) is 0.448. The summed E-state index contributed by atoms with van der Waals surface area (Å²) in [6.07, 6.45) is 4.19. The normalized spacial score (nSPS) is 31.9. The predicted molar refractivity (Wildman–Crippen MR) is 146 cm³/mol. The van der Waals surface area contributed by atoms with Crippen molar-refractivity contribution in [3.8, 4) is 5.75 Å². The van der Waals surface area contributed by atoms with E-state index in [-0.39, 0.29) is 54.1 Å². The topological polar surface area (TPSA) is 188 Å². The molecule has 11 heteroatoms. The number of carbonyl (C=O) groups excluding carboxylic acids is 3. The zero-order valence-corrected chi connectivity index (χ0v) is 22.8. The molecule has 1 saturated carbocycles. The van der Waals surface area contributed by atoms with Crippen molar-refractivity contribution in [1.29, 1.82) is 5.41 Å². The number of nitrogens with one attached hydrogen (secondary N) is 1. The van der Waals surface area contributed by atoms with Crippen LogP contribution in [-0.2, 0) is 16.0 Å². The molecule has 212 valence electrons. The first kappa shape index (κ1) is 27.8. The first-order valence-corrected chi connectivity index (χ1v) is 13.2. The summed E-state index contributed by atoms with van der Waals surface area (Å²) < 4.78 is 0. The largest absolute Gasteiger partial charge is 0.510 e. The molecular weight excluding hydrogens is 516 g/mol. The summed E-state index contributed by atoms with van der Waals surface area (Å²) in [6, 6.07) is 1.92. The number of aliphatic hydroxyl groups is 3. The van der Waals surface area contributed by atoms with Gasteiger partial charge in [0.15, 0.2) is 11.4 Å². The Balaban J connectivity index is 1.62. The fourth-order valence-electron chi connectivity index (χ4n) is 7.01. The van der Waals surface area contributed by atoms with Gasteiger partial charge in [-0.1, -0.05) is 12.2 Å². The third-order valence-corrected chi connectivity index (χ3v) is 9.00. The Morgan fingerprint density at radius 2 is 1.77 bits per heavy atom. The van der Waals surface area contributed by atoms with Crippen LogP contribution in [0.15, 0.2) is 41.2 Å². The fourth-order valence-corrected chi connectivity index (χ4v) is 7.01. The standard InChI is InChI=1S/C29H34N4O7/c1-12-5-6-13(2)33(12)11-19(35)15-7-8-18(34)21-16(15)9-14-10-17-23(32(3)4)25(37)22(28(31)39)26(30)29(17,40)27(38)20(14)24(21)36/h5-8,12-14,17,23,30,34,36-37,40H,9-11H2,1-4H3,(H2,31,39)/t12?,13?,14-,17-,23+,29+/m0/s1. The first-order chi connectivity index (χ1) is 18.7. The van der Waals surface area contributed by atoms with Crippen LogP contribution in [0.5, 0.6) is 5.75 Å². The number of likely N-dealkylation sites (N-methyl/N-ethyl adjacent to an activating group) is 1. The van der Waals surface area contributed by atoms with Crippen molar-refractivity contribution in [2.45, 2.75) is 50.4 Å². The summed E-state index contributed by atoms with van der Waals surface area (Å²) in [7, 11) is 3.20. The monoisotopic (exact) mass is 550 g/mol. The number of nitrogens with two attached hydrogens (primary N) is 1. The maximum Gasteiger partial charge on any atom is 0.254 e. The quantitative estimate of drug-likeness (QED) is 0.231. The Hall–Kier alpha value is -3.80. The third-order valence-electron chi connectivity index (χ3n) is 9.00. The summed E-state index contributed by atoms with van der Waals surface area (Å²) in [6.45, 7) is 4.10. The van der Waals surface area contributed by atoms with Crippen LogP contribution >= 0.6 is 0 Å². The minimum atomic E-state index is -2.55. The van der Waals surface area contributed by atoms with Crippen LogP contribution in [0.3, 0.4) is 0 Å². The van der Waals surface area contributed by atoms with Gasteiger partial charge in [-0.25, -0.2) is 0 Å². The average Bonchev–Trinajstić information content (AvgIpc) is 3.18. The number of hydrogen-bond acceptors (Lipinski definition) is 10. The van der Waals surface area contributed by atoms with Crippen LogP contribution in [0.1, 0.15) is 41.8 Å². The number of primary amides is 1. The van der Waals surface area contributed by atoms with Crippen LogP contribution in [0.25, 0.3) is 5.76 Å². The van der Waals surface area contributed by atoms with Crippen LogP contribution in [0.2, 0.25) is 0 Å². The van der Waals surface area contributed by atoms with E-state index in [4.69, 9.17) is 11.1 Å². The Labute approximate surface area is 231 Å². The second-order valence-corrected chi connectivity index (χ2v) is 11.5. The zero-order chi connectivity index (χ0) is 29.4. The van der Waals surface area contributed by atoms with E-state index in [2.05, 4.69) is 0 Å². The number of amides is 1. The molecule has 0 aromatic heterocycles. The highest BCUT2D eigenvalue weighted by molar-refractivity contribution is 6.34. The van der Waals surface area contributed by atoms with Crippen molar-refractivity contribution in [3.05, 3.63) is 57.9 Å². The van der Waals surface area contributed by atoms with E-state index in [9.17, 15) is 34.8 Å². The second-order valence-electron chi connectivity index (χ2n) is 11.5. The molecule has 1 aliphatic heterocycles. The van der Waals surface area contributed by atoms with Crippen LogP contribution in [0.4, 0.5) is 0 Å². The minimum absolute atomic E-state index is 0.0375. The van der Waals surface area contributed by atoms with Gasteiger partial charge in [0.2, 0.25) is 5.78 Å². The molecule has 0 spiro atoms. The lowest BCUT2D eigenvalue weighted by molar-refractivity contribution is -0.138. The summed E-state index contributed by atoms with van der Waals surface area (Å²) in [5, 5.41) is 53.4. The molecule has 40 heavy (non-hydrogen) atoms. The van der Waals surface area contributed by atoms with Crippen LogP contribution in [0, 0.1) is 17.2 Å². The van der Waals surface area contributed by atoms with Crippen molar-refractivity contribution in [3.63, 3.8) is 0 Å². The Bertz CT molecular complexity index is 1450. The van der Waals surface area contributed by atoms with Crippen molar-refractivity contribution >= 4 is 28.9 Å². The lowest BCUT2D eigenvalue weighted by Gasteiger charge is -2.51. The average molecular weight is 551 g/mol. The number of aliphatic hydroxyl groups excluding tert-OH is 2. The number of phenolic OH excluding ortho intramolecular Hbond substituents is 1. The molecule has 2 unspecified atom stereocenters. The SMILES string of the molecule is CC1C=CC(C)N1CC(=O)c1ccc(O)c2c1C[C@H]1C[C@H]3[C@@H](N(C)C)C(O)=C(C(N)=O)C(=N)[C@@]3(O)C(=O)C1=C2O. The van der Waals surface area contributed by atoms with Crippen molar-refractivity contribution in [2.24, 2.45) is 17.6 Å². The van der Waals surface area contributed by atoms with Crippen molar-refractivity contribution < 1.29 is 34.8 Å². The van der Waals surface area contributed by atoms with Gasteiger partial charge in [0, 0.05) is 29.1 Å². The van der Waals surface area contributed by atoms with Gasteiger partial charge in [-0.15, -0.1) is 0 Å². The van der Waals surface area contributed by atoms with E-state index < -0.39 is 58.0 Å². The van der Waals surface area contributed by atoms with E-state index in [1.165, 1.54) is 17.0 Å². The highest BCUT2D eigenvalue weighted by Gasteiger charge is 2.63. The van der Waals surface area contributed by atoms with E-state index >= 15 is 0 Å². The van der Waals surface area contributed by atoms with Crippen molar-refractivity contribution in [1.82, 2.24) is 9.80 Å². The molecule has 1 heterocycles. The number of rotatable bonds is 5. The Morgan fingerprint density at radius 1 is 1.15 bits per heavy atom. The van der Waals surface area contributed by atoms with Gasteiger partial charge < -0.3 is 31.6 Å². The molecule has 0 bridgehead atoms. The molecule has 1 amide bonds. The van der Waals surface area contributed by atoms with Gasteiger partial charge in [0.05, 0.1) is 23.9 Å². The molecule has 4 aliphatic rings. The lowest BCUT2D eigenvalue weighted by Crippen LogP contribution is -2.67. The van der Waals surface area contributed by atoms with E-state index in [0.29, 0.717) is 11.1 Å². The third kappa shape index (κ3) is 3.75. The number of ketones is 2. The van der Waals surface area contributed by atoms with Gasteiger partial charge in [-0.2, -0.15) is 0 Å². The maximum atomic E-state index is 14.0. The van der Waals surface area contributed by atoms with Gasteiger partial charge >= 0.3 is 0 Å². The summed E-state index contributed by atoms with van der Waals surface area (Å²) in [5.41, 5.74) is 1.86. The smallest absolute Gasteiger partial charge is 0.254 e. The molecule has 3 aliphatic carbocycles. The van der Waals surface area contributed by atoms with Gasteiger partial charge in [-0.3, -0.25) is 24.2 Å². The molecule has 11 nitrogen and oxygen atoms in total. The first-order valence-electron chi connectivity index (χ1n) is 13.2. The van der Waals surface area contributed by atoms with E-state index in [1.807, 2.05) is 30.9 Å². The minimum Gasteiger partial charge on any atom is -0.510 e. The molecule has 0 saturated heterocycles. The zero-order valence-electron chi connectivity index (χ0n) is 22.8. The molecule has 7 N–H and O–H groups in total. The molecule has 5 rings (SSSR count). The Kier molecular flexibility index (Phi) is 6.52. The van der Waals surface area contributed by atoms with Gasteiger partial charge in [-0.05, 0) is 64.4 Å². The number of carbonyl (C=O) groups is 3. The number of phenols is 1. The van der Waals surface area contributed by atoms with E-state index in [1.54, 1.807) is 14.1 Å². The van der Waals surface area contributed by atoms with Crippen molar-refractivity contribution in [2.75, 3.05) is 20.6 Å². The summed E-state index contributed by atoms with van der Waals surface area (Å²) in [4.78, 5) is 43.2.